The summed E-state index contributed by atoms with van der Waals surface area (Å²) in [5.74, 6) is 0.582. The van der Waals surface area contributed by atoms with Gasteiger partial charge in [-0.25, -0.2) is 0 Å². The number of ether oxygens (including phenoxy) is 2. The Balaban J connectivity index is 2.04. The van der Waals surface area contributed by atoms with Crippen LogP contribution in [0.3, 0.4) is 0 Å². The van der Waals surface area contributed by atoms with Crippen LogP contribution in [0.4, 0.5) is 0 Å². The van der Waals surface area contributed by atoms with Gasteiger partial charge in [0.25, 0.3) is 0 Å². The molecule has 17 heavy (non-hydrogen) atoms. The summed E-state index contributed by atoms with van der Waals surface area (Å²) in [7, 11) is 3.34. The molecule has 4 nitrogen and oxygen atoms in total. The predicted molar refractivity (Wildman–Crippen MR) is 66.4 cm³/mol. The monoisotopic (exact) mass is 234 g/mol. The molecular formula is C13H18N2O2. The highest BCUT2D eigenvalue weighted by molar-refractivity contribution is 6.00. The molecule has 1 unspecified atom stereocenters. The molecule has 2 rings (SSSR count). The van der Waals surface area contributed by atoms with Crippen molar-refractivity contribution in [2.75, 3.05) is 27.4 Å². The van der Waals surface area contributed by atoms with E-state index in [1.807, 2.05) is 23.1 Å². The molecule has 1 aromatic carbocycles. The molecule has 92 valence electrons. The molecule has 1 aromatic rings. The van der Waals surface area contributed by atoms with E-state index in [0.717, 1.165) is 12.1 Å². The summed E-state index contributed by atoms with van der Waals surface area (Å²) >= 11 is 0. The fourth-order valence-corrected chi connectivity index (χ4v) is 2.13. The second-order valence-corrected chi connectivity index (χ2v) is 4.20. The first kappa shape index (κ1) is 12.1. The molecule has 1 aliphatic heterocycles. The Bertz CT molecular complexity index is 406. The summed E-state index contributed by atoms with van der Waals surface area (Å²) in [6.45, 7) is 2.03. The van der Waals surface area contributed by atoms with E-state index >= 15 is 0 Å². The zero-order chi connectivity index (χ0) is 12.3. The third-order valence-corrected chi connectivity index (χ3v) is 3.06. The van der Waals surface area contributed by atoms with Crippen LogP contribution in [-0.4, -0.2) is 44.2 Å². The second-order valence-electron chi connectivity index (χ2n) is 4.20. The van der Waals surface area contributed by atoms with E-state index in [1.54, 1.807) is 14.2 Å². The molecule has 1 N–H and O–H groups in total. The molecule has 0 aliphatic carbocycles. The van der Waals surface area contributed by atoms with E-state index < -0.39 is 0 Å². The number of hydrogen-bond donors (Lipinski definition) is 1. The summed E-state index contributed by atoms with van der Waals surface area (Å²) in [6, 6.07) is 8.05. The molecule has 0 saturated carbocycles. The summed E-state index contributed by atoms with van der Waals surface area (Å²) in [6.07, 6.45) is 0.00895. The number of rotatable bonds is 5. The van der Waals surface area contributed by atoms with Gasteiger partial charge in [-0.15, -0.1) is 0 Å². The normalized spacial score (nSPS) is 16.1. The Morgan fingerprint density at radius 3 is 2.76 bits per heavy atom. The smallest absolute Gasteiger partial charge is 0.128 e. The third kappa shape index (κ3) is 2.48. The number of amidine groups is 1. The first-order valence-corrected chi connectivity index (χ1v) is 5.69. The predicted octanol–water partition coefficient (Wildman–Crippen LogP) is 1.49. The largest absolute Gasteiger partial charge is 0.382 e. The van der Waals surface area contributed by atoms with E-state index in [4.69, 9.17) is 14.9 Å². The molecule has 0 radical (unpaired) electrons. The van der Waals surface area contributed by atoms with Crippen molar-refractivity contribution in [3.63, 3.8) is 0 Å². The Labute approximate surface area is 102 Å². The Morgan fingerprint density at radius 1 is 1.35 bits per heavy atom. The van der Waals surface area contributed by atoms with Gasteiger partial charge in [0.05, 0.1) is 12.7 Å². The average molecular weight is 234 g/mol. The van der Waals surface area contributed by atoms with Crippen LogP contribution in [0.5, 0.6) is 0 Å². The van der Waals surface area contributed by atoms with E-state index in [2.05, 4.69) is 6.07 Å². The number of hydrogen-bond acceptors (Lipinski definition) is 3. The van der Waals surface area contributed by atoms with Crippen molar-refractivity contribution >= 4 is 5.84 Å². The molecule has 0 aromatic heterocycles. The minimum atomic E-state index is 0.00895. The zero-order valence-electron chi connectivity index (χ0n) is 10.3. The number of nitrogens with one attached hydrogen (secondary N) is 1. The van der Waals surface area contributed by atoms with Crippen molar-refractivity contribution in [3.05, 3.63) is 35.4 Å². The third-order valence-electron chi connectivity index (χ3n) is 3.06. The molecule has 1 atom stereocenters. The van der Waals surface area contributed by atoms with Crippen LogP contribution >= 0.6 is 0 Å². The topological polar surface area (TPSA) is 45.5 Å². The highest BCUT2D eigenvalue weighted by Crippen LogP contribution is 2.22. The van der Waals surface area contributed by atoms with Crippen LogP contribution in [-0.2, 0) is 16.0 Å². The summed E-state index contributed by atoms with van der Waals surface area (Å²) in [5.41, 5.74) is 2.24. The standard InChI is InChI=1S/C13H18N2O2/c1-16-9-11(17-2)8-15-7-10-5-3-4-6-12(10)13(15)14/h3-6,11,14H,7-9H2,1-2H3. The van der Waals surface area contributed by atoms with E-state index in [-0.39, 0.29) is 6.10 Å². The summed E-state index contributed by atoms with van der Waals surface area (Å²) < 4.78 is 10.4. The Morgan fingerprint density at radius 2 is 2.12 bits per heavy atom. The lowest BCUT2D eigenvalue weighted by molar-refractivity contribution is 0.0163. The highest BCUT2D eigenvalue weighted by atomic mass is 16.5. The molecule has 0 saturated heterocycles. The van der Waals surface area contributed by atoms with Gasteiger partial charge in [-0.05, 0) is 5.56 Å². The van der Waals surface area contributed by atoms with Gasteiger partial charge in [0, 0.05) is 32.9 Å². The molecule has 1 aliphatic rings. The minimum absolute atomic E-state index is 0.00895. The van der Waals surface area contributed by atoms with Crippen molar-refractivity contribution in [1.82, 2.24) is 4.90 Å². The van der Waals surface area contributed by atoms with Crippen molar-refractivity contribution < 1.29 is 9.47 Å². The van der Waals surface area contributed by atoms with Gasteiger partial charge in [0.1, 0.15) is 5.84 Å². The first-order chi connectivity index (χ1) is 8.26. The van der Waals surface area contributed by atoms with Crippen LogP contribution in [0.25, 0.3) is 0 Å². The first-order valence-electron chi connectivity index (χ1n) is 5.69. The average Bonchev–Trinajstić information content (AvgIpc) is 2.66. The van der Waals surface area contributed by atoms with Gasteiger partial charge < -0.3 is 14.4 Å². The van der Waals surface area contributed by atoms with Crippen LogP contribution in [0.1, 0.15) is 11.1 Å². The van der Waals surface area contributed by atoms with Crippen molar-refractivity contribution in [3.8, 4) is 0 Å². The molecule has 1 heterocycles. The van der Waals surface area contributed by atoms with Crippen molar-refractivity contribution in [1.29, 1.82) is 5.41 Å². The second kappa shape index (κ2) is 5.29. The fraction of sp³-hybridized carbons (Fsp3) is 0.462. The number of methoxy groups -OCH3 is 2. The van der Waals surface area contributed by atoms with Gasteiger partial charge in [-0.1, -0.05) is 24.3 Å². The zero-order valence-corrected chi connectivity index (χ0v) is 10.3. The van der Waals surface area contributed by atoms with Crippen LogP contribution in [0.15, 0.2) is 24.3 Å². The lowest BCUT2D eigenvalue weighted by atomic mass is 10.1. The lowest BCUT2D eigenvalue weighted by Gasteiger charge is -2.23. The van der Waals surface area contributed by atoms with E-state index in [1.165, 1.54) is 5.56 Å². The SMILES string of the molecule is COCC(CN1Cc2ccccc2C1=N)OC. The highest BCUT2D eigenvalue weighted by Gasteiger charge is 2.25. The molecule has 0 amide bonds. The number of fused-ring (bicyclic) bond motifs is 1. The molecule has 4 heteroatoms. The molecule has 0 bridgehead atoms. The number of benzene rings is 1. The van der Waals surface area contributed by atoms with Gasteiger partial charge in [0.2, 0.25) is 0 Å². The maximum Gasteiger partial charge on any atom is 0.128 e. The van der Waals surface area contributed by atoms with E-state index in [0.29, 0.717) is 19.0 Å². The molecular weight excluding hydrogens is 216 g/mol. The van der Waals surface area contributed by atoms with Gasteiger partial charge >= 0.3 is 0 Å². The maximum atomic E-state index is 8.12. The van der Waals surface area contributed by atoms with Crippen molar-refractivity contribution in [2.45, 2.75) is 12.6 Å². The summed E-state index contributed by atoms with van der Waals surface area (Å²) in [5, 5.41) is 8.12. The van der Waals surface area contributed by atoms with E-state index in [9.17, 15) is 0 Å². The quantitative estimate of drug-likeness (QED) is 0.839. The van der Waals surface area contributed by atoms with Crippen LogP contribution < -0.4 is 0 Å². The maximum absolute atomic E-state index is 8.12. The lowest BCUT2D eigenvalue weighted by Crippen LogP contribution is -2.36. The molecule has 0 fully saturated rings. The number of nitrogens with zero attached hydrogens (tertiary/aromatic N) is 1. The molecule has 0 spiro atoms. The Kier molecular flexibility index (Phi) is 3.76. The van der Waals surface area contributed by atoms with Gasteiger partial charge in [-0.2, -0.15) is 0 Å². The van der Waals surface area contributed by atoms with Gasteiger partial charge in [0.15, 0.2) is 0 Å². The van der Waals surface area contributed by atoms with Gasteiger partial charge in [-0.3, -0.25) is 5.41 Å². The fourth-order valence-electron chi connectivity index (χ4n) is 2.13. The Hall–Kier alpha value is -1.39. The van der Waals surface area contributed by atoms with Crippen molar-refractivity contribution in [2.24, 2.45) is 0 Å². The van der Waals surface area contributed by atoms with Crippen LogP contribution in [0.2, 0.25) is 0 Å². The minimum Gasteiger partial charge on any atom is -0.382 e. The van der Waals surface area contributed by atoms with Crippen LogP contribution in [0, 0.1) is 5.41 Å². The summed E-state index contributed by atoms with van der Waals surface area (Å²) in [4.78, 5) is 2.03.